The molecule has 1 nitrogen and oxygen atoms in total. The van der Waals surface area contributed by atoms with Gasteiger partial charge in [0.2, 0.25) is 0 Å². The number of rotatable bonds is 5. The van der Waals surface area contributed by atoms with Crippen LogP contribution in [-0.4, -0.2) is 12.1 Å². The van der Waals surface area contributed by atoms with Crippen LogP contribution in [0.25, 0.3) is 0 Å². The van der Waals surface area contributed by atoms with Gasteiger partial charge in [0.1, 0.15) is 0 Å². The molecule has 1 spiro atoms. The van der Waals surface area contributed by atoms with Crippen LogP contribution in [0.15, 0.2) is 0 Å². The zero-order valence-electron chi connectivity index (χ0n) is 25.2. The standard InChI is InChI=1S/C36H63N/c1-4-29-19-10-8-17-28-18-9-12-22-32(28)36(29)33-23-13-11-20-31(33)35-30(21-14-24-34(35)36)26(3)37-25(2)27-15-6-5-7-16-27/h25-35,37H,4-24H2,1-3H3. The fraction of sp³-hybridized carbons (Fsp3) is 1.00. The van der Waals surface area contributed by atoms with Gasteiger partial charge in [-0.2, -0.15) is 0 Å². The molecule has 212 valence electrons. The van der Waals surface area contributed by atoms with E-state index in [1.165, 1.54) is 51.4 Å². The first-order valence-corrected chi connectivity index (χ1v) is 17.9. The third-order valence-corrected chi connectivity index (χ3v) is 14.3. The summed E-state index contributed by atoms with van der Waals surface area (Å²) in [4.78, 5) is 0. The lowest BCUT2D eigenvalue weighted by molar-refractivity contribution is -0.101. The van der Waals surface area contributed by atoms with Gasteiger partial charge in [-0.3, -0.25) is 0 Å². The number of hydrogen-bond donors (Lipinski definition) is 1. The van der Waals surface area contributed by atoms with Crippen LogP contribution in [0, 0.1) is 58.7 Å². The summed E-state index contributed by atoms with van der Waals surface area (Å²) in [7, 11) is 0. The second-order valence-electron chi connectivity index (χ2n) is 15.5. The van der Waals surface area contributed by atoms with Gasteiger partial charge >= 0.3 is 0 Å². The van der Waals surface area contributed by atoms with Gasteiger partial charge in [-0.1, -0.05) is 90.4 Å². The van der Waals surface area contributed by atoms with Gasteiger partial charge in [0, 0.05) is 12.1 Å². The van der Waals surface area contributed by atoms with Crippen molar-refractivity contribution in [2.24, 2.45) is 58.7 Å². The topological polar surface area (TPSA) is 12.0 Å². The maximum Gasteiger partial charge on any atom is 0.00724 e. The van der Waals surface area contributed by atoms with E-state index < -0.39 is 0 Å². The van der Waals surface area contributed by atoms with Crippen LogP contribution in [0.5, 0.6) is 0 Å². The smallest absolute Gasteiger partial charge is 0.00724 e. The monoisotopic (exact) mass is 509 g/mol. The van der Waals surface area contributed by atoms with Crippen LogP contribution >= 0.6 is 0 Å². The third kappa shape index (κ3) is 4.80. The highest BCUT2D eigenvalue weighted by atomic mass is 15.0. The lowest BCUT2D eigenvalue weighted by Gasteiger charge is -2.58. The molecule has 6 aliphatic rings. The van der Waals surface area contributed by atoms with Gasteiger partial charge in [0.15, 0.2) is 0 Å². The minimum atomic E-state index is 0.712. The van der Waals surface area contributed by atoms with Crippen LogP contribution in [0.4, 0.5) is 0 Å². The fourth-order valence-electron chi connectivity index (χ4n) is 13.1. The highest BCUT2D eigenvalue weighted by Gasteiger charge is 2.67. The SMILES string of the molecule is CCC1CCCCC2CCCCC2C12C1CCCCC1C1C(C(C)NC(C)C3CCCCC3)CCCC12. The molecule has 1 heteroatoms. The van der Waals surface area contributed by atoms with E-state index in [0.717, 1.165) is 65.3 Å². The molecular formula is C36H63N. The second kappa shape index (κ2) is 11.8. The highest BCUT2D eigenvalue weighted by Crippen LogP contribution is 2.73. The summed E-state index contributed by atoms with van der Waals surface area (Å²) in [5.74, 6) is 9.30. The van der Waals surface area contributed by atoms with Crippen molar-refractivity contribution in [3.05, 3.63) is 0 Å². The minimum Gasteiger partial charge on any atom is -0.311 e. The Bertz CT molecular complexity index is 724. The Morgan fingerprint density at radius 3 is 1.97 bits per heavy atom. The summed E-state index contributed by atoms with van der Waals surface area (Å²) in [6.07, 6.45) is 32.3. The first-order valence-electron chi connectivity index (χ1n) is 17.9. The van der Waals surface area contributed by atoms with E-state index in [1.807, 2.05) is 0 Å². The minimum absolute atomic E-state index is 0.712. The normalized spacial score (nSPS) is 46.8. The maximum atomic E-state index is 4.32. The molecule has 0 bridgehead atoms. The fourth-order valence-corrected chi connectivity index (χ4v) is 13.1. The molecule has 11 atom stereocenters. The van der Waals surface area contributed by atoms with Crippen molar-refractivity contribution >= 4 is 0 Å². The zero-order valence-corrected chi connectivity index (χ0v) is 25.2. The lowest BCUT2D eigenvalue weighted by Crippen LogP contribution is -2.53. The van der Waals surface area contributed by atoms with Gasteiger partial charge in [-0.05, 0) is 124 Å². The van der Waals surface area contributed by atoms with Gasteiger partial charge in [0.05, 0.1) is 0 Å². The van der Waals surface area contributed by atoms with Gasteiger partial charge in [-0.25, -0.2) is 0 Å². The Labute approximate surface area is 231 Å². The lowest BCUT2D eigenvalue weighted by atomic mass is 9.46. The Hall–Kier alpha value is -0.0400. The maximum absolute atomic E-state index is 4.32. The molecule has 0 aromatic heterocycles. The first kappa shape index (κ1) is 27.1. The Kier molecular flexibility index (Phi) is 8.68. The predicted molar refractivity (Wildman–Crippen MR) is 159 cm³/mol. The quantitative estimate of drug-likeness (QED) is 0.388. The van der Waals surface area contributed by atoms with Crippen LogP contribution in [-0.2, 0) is 0 Å². The Morgan fingerprint density at radius 2 is 1.22 bits per heavy atom. The van der Waals surface area contributed by atoms with E-state index in [1.54, 1.807) is 83.5 Å². The number of hydrogen-bond acceptors (Lipinski definition) is 1. The van der Waals surface area contributed by atoms with E-state index in [0.29, 0.717) is 5.41 Å². The van der Waals surface area contributed by atoms with Crippen LogP contribution in [0.3, 0.4) is 0 Å². The molecule has 6 rings (SSSR count). The summed E-state index contributed by atoms with van der Waals surface area (Å²) in [6, 6.07) is 1.44. The second-order valence-corrected chi connectivity index (χ2v) is 15.5. The van der Waals surface area contributed by atoms with Crippen molar-refractivity contribution < 1.29 is 0 Å². The zero-order chi connectivity index (χ0) is 25.4. The molecule has 0 heterocycles. The Morgan fingerprint density at radius 1 is 0.595 bits per heavy atom. The molecule has 6 fully saturated rings. The summed E-state index contributed by atoms with van der Waals surface area (Å²) >= 11 is 0. The molecule has 0 amide bonds. The molecule has 0 aromatic carbocycles. The molecular weight excluding hydrogens is 446 g/mol. The first-order chi connectivity index (χ1) is 18.2. The molecule has 0 radical (unpaired) electrons. The molecule has 6 saturated carbocycles. The van der Waals surface area contributed by atoms with E-state index in [4.69, 9.17) is 0 Å². The molecule has 0 aliphatic heterocycles. The van der Waals surface area contributed by atoms with Crippen molar-refractivity contribution in [1.82, 2.24) is 5.32 Å². The Balaban J connectivity index is 1.34. The summed E-state index contributed by atoms with van der Waals surface area (Å²) in [5, 5.41) is 4.32. The molecule has 0 aromatic rings. The average molecular weight is 510 g/mol. The van der Waals surface area contributed by atoms with Crippen molar-refractivity contribution in [2.45, 2.75) is 168 Å². The molecule has 37 heavy (non-hydrogen) atoms. The van der Waals surface area contributed by atoms with Gasteiger partial charge < -0.3 is 5.32 Å². The van der Waals surface area contributed by atoms with Crippen molar-refractivity contribution in [2.75, 3.05) is 0 Å². The van der Waals surface area contributed by atoms with Crippen LogP contribution in [0.2, 0.25) is 0 Å². The van der Waals surface area contributed by atoms with E-state index in [9.17, 15) is 0 Å². The molecule has 11 unspecified atom stereocenters. The summed E-state index contributed by atoms with van der Waals surface area (Å²) in [5.41, 5.74) is 0.712. The van der Waals surface area contributed by atoms with Gasteiger partial charge in [-0.15, -0.1) is 0 Å². The number of nitrogens with one attached hydrogen (secondary N) is 1. The third-order valence-electron chi connectivity index (χ3n) is 14.3. The van der Waals surface area contributed by atoms with Crippen molar-refractivity contribution in [1.29, 1.82) is 0 Å². The van der Waals surface area contributed by atoms with Crippen LogP contribution < -0.4 is 5.32 Å². The average Bonchev–Trinajstić information content (AvgIpc) is 3.24. The molecule has 6 aliphatic carbocycles. The van der Waals surface area contributed by atoms with Gasteiger partial charge in [0.25, 0.3) is 0 Å². The largest absolute Gasteiger partial charge is 0.311 e. The molecule has 0 saturated heterocycles. The summed E-state index contributed by atoms with van der Waals surface area (Å²) < 4.78 is 0. The van der Waals surface area contributed by atoms with Crippen molar-refractivity contribution in [3.63, 3.8) is 0 Å². The van der Waals surface area contributed by atoms with E-state index in [2.05, 4.69) is 26.1 Å². The molecule has 1 N–H and O–H groups in total. The van der Waals surface area contributed by atoms with Crippen molar-refractivity contribution in [3.8, 4) is 0 Å². The van der Waals surface area contributed by atoms with E-state index >= 15 is 0 Å². The van der Waals surface area contributed by atoms with E-state index in [-0.39, 0.29) is 0 Å². The van der Waals surface area contributed by atoms with Crippen LogP contribution in [0.1, 0.15) is 156 Å². The highest BCUT2D eigenvalue weighted by molar-refractivity contribution is 5.15. The number of fused-ring (bicyclic) bond motifs is 7. The predicted octanol–water partition coefficient (Wildman–Crippen LogP) is 10.2. The summed E-state index contributed by atoms with van der Waals surface area (Å²) in [6.45, 7) is 7.82.